The van der Waals surface area contributed by atoms with Crippen molar-refractivity contribution in [2.75, 3.05) is 55.4 Å². The molecule has 188 valence electrons. The fourth-order valence-electron chi connectivity index (χ4n) is 5.55. The van der Waals surface area contributed by atoms with Crippen LogP contribution < -0.4 is 20.4 Å². The third kappa shape index (κ3) is 3.72. The first-order chi connectivity index (χ1) is 17.4. The number of hydrogen-bond donors (Lipinski definition) is 2. The average Bonchev–Trinajstić information content (AvgIpc) is 3.58. The number of fused-ring (bicyclic) bond motifs is 1. The van der Waals surface area contributed by atoms with E-state index in [9.17, 15) is 4.39 Å². The lowest BCUT2D eigenvalue weighted by Gasteiger charge is -2.39. The second-order valence-corrected chi connectivity index (χ2v) is 11.0. The van der Waals surface area contributed by atoms with Crippen molar-refractivity contribution in [1.82, 2.24) is 19.9 Å². The van der Waals surface area contributed by atoms with Crippen LogP contribution in [0.25, 0.3) is 16.8 Å². The van der Waals surface area contributed by atoms with Crippen molar-refractivity contribution in [3.8, 4) is 11.3 Å². The summed E-state index contributed by atoms with van der Waals surface area (Å²) in [6.07, 6.45) is 2.07. The topological polar surface area (TPSA) is 60.7 Å². The van der Waals surface area contributed by atoms with Gasteiger partial charge >= 0.3 is 0 Å². The van der Waals surface area contributed by atoms with Gasteiger partial charge in [0, 0.05) is 62.6 Å². The van der Waals surface area contributed by atoms with Crippen molar-refractivity contribution >= 4 is 38.4 Å². The summed E-state index contributed by atoms with van der Waals surface area (Å²) in [7, 11) is 3.96. The Bertz CT molecular complexity index is 1420. The van der Waals surface area contributed by atoms with Gasteiger partial charge in [-0.2, -0.15) is 5.10 Å². The van der Waals surface area contributed by atoms with Gasteiger partial charge < -0.3 is 20.4 Å². The fraction of sp³-hybridized carbons (Fsp3) is 0.407. The van der Waals surface area contributed by atoms with E-state index in [0.29, 0.717) is 5.41 Å². The Labute approximate surface area is 214 Å². The van der Waals surface area contributed by atoms with Crippen molar-refractivity contribution in [3.05, 3.63) is 53.6 Å². The van der Waals surface area contributed by atoms with Crippen LogP contribution >= 0.6 is 11.3 Å². The smallest absolute Gasteiger partial charge is 0.192 e. The number of benzene rings is 1. The number of aromatic nitrogens is 3. The summed E-state index contributed by atoms with van der Waals surface area (Å²) >= 11 is 1.59. The fourth-order valence-corrected chi connectivity index (χ4v) is 6.46. The van der Waals surface area contributed by atoms with Gasteiger partial charge in [-0.15, -0.1) is 0 Å². The van der Waals surface area contributed by atoms with Crippen LogP contribution in [0.15, 0.2) is 36.4 Å². The Kier molecular flexibility index (Phi) is 5.64. The first-order valence-electron chi connectivity index (χ1n) is 12.6. The van der Waals surface area contributed by atoms with Gasteiger partial charge in [0.1, 0.15) is 16.5 Å². The number of nitrogens with one attached hydrogen (secondary N) is 2. The lowest BCUT2D eigenvalue weighted by Crippen LogP contribution is -2.54. The van der Waals surface area contributed by atoms with E-state index >= 15 is 0 Å². The van der Waals surface area contributed by atoms with E-state index in [1.165, 1.54) is 24.2 Å². The molecule has 2 saturated heterocycles. The second-order valence-electron chi connectivity index (χ2n) is 10.1. The number of nitrogens with zero attached hydrogens (tertiary/aromatic N) is 5. The number of anilines is 4. The van der Waals surface area contributed by atoms with E-state index in [1.54, 1.807) is 23.5 Å². The zero-order chi connectivity index (χ0) is 25.0. The maximum Gasteiger partial charge on any atom is 0.192 e. The Hall–Kier alpha value is -3.17. The number of halogens is 1. The minimum absolute atomic E-state index is 0.250. The normalized spacial score (nSPS) is 16.6. The quantitative estimate of drug-likeness (QED) is 0.381. The number of thiazole rings is 1. The van der Waals surface area contributed by atoms with E-state index in [2.05, 4.69) is 58.0 Å². The number of rotatable bonds is 6. The van der Waals surface area contributed by atoms with Gasteiger partial charge in [0.2, 0.25) is 0 Å². The molecule has 5 heterocycles. The molecular formula is C27H32FN7S. The third-order valence-corrected chi connectivity index (χ3v) is 8.81. The lowest BCUT2D eigenvalue weighted by molar-refractivity contribution is 0.200. The first-order valence-corrected chi connectivity index (χ1v) is 13.4. The molecule has 2 fully saturated rings. The average molecular weight is 506 g/mol. The van der Waals surface area contributed by atoms with Crippen LogP contribution in [-0.4, -0.2) is 54.9 Å². The van der Waals surface area contributed by atoms with Gasteiger partial charge in [-0.1, -0.05) is 18.3 Å². The van der Waals surface area contributed by atoms with E-state index in [4.69, 9.17) is 10.1 Å². The molecule has 1 spiro atoms. The van der Waals surface area contributed by atoms with E-state index in [1.807, 2.05) is 7.05 Å². The molecule has 0 saturated carbocycles. The van der Waals surface area contributed by atoms with Gasteiger partial charge in [0.15, 0.2) is 5.13 Å². The highest BCUT2D eigenvalue weighted by Crippen LogP contribution is 2.43. The molecule has 0 radical (unpaired) electrons. The molecule has 7 nitrogen and oxygen atoms in total. The van der Waals surface area contributed by atoms with Gasteiger partial charge in [-0.05, 0) is 56.2 Å². The predicted octanol–water partition coefficient (Wildman–Crippen LogP) is 5.08. The summed E-state index contributed by atoms with van der Waals surface area (Å²) in [6.45, 7) is 8.73. The molecule has 3 aromatic heterocycles. The van der Waals surface area contributed by atoms with Crippen LogP contribution in [0.1, 0.15) is 24.7 Å². The zero-order valence-electron chi connectivity index (χ0n) is 21.2. The van der Waals surface area contributed by atoms with Crippen LogP contribution in [0.4, 0.5) is 25.9 Å². The van der Waals surface area contributed by atoms with Crippen LogP contribution in [0.3, 0.4) is 0 Å². The Morgan fingerprint density at radius 3 is 2.64 bits per heavy atom. The maximum absolute atomic E-state index is 13.5. The van der Waals surface area contributed by atoms with Crippen LogP contribution in [0, 0.1) is 18.2 Å². The lowest BCUT2D eigenvalue weighted by atomic mass is 9.81. The third-order valence-electron chi connectivity index (χ3n) is 7.66. The zero-order valence-corrected chi connectivity index (χ0v) is 22.0. The minimum atomic E-state index is -0.250. The molecule has 2 aliphatic rings. The molecule has 6 rings (SSSR count). The number of aryl methyl sites for hydroxylation is 2. The summed E-state index contributed by atoms with van der Waals surface area (Å²) in [5.74, 6) is -0.250. The minimum Gasteiger partial charge on any atom is -0.378 e. The standard InChI is InChI=1S/C27H32FN7S/c1-5-21-24(33(4)26-31-23(25(29-3)36-26)18-6-8-19(28)9-7-18)22-13-20(12-17(2)35(22)32-21)34-11-10-27(16-34)14-30-15-27/h6-9,12-13,29-30H,5,10-11,14-16H2,1-4H3. The summed E-state index contributed by atoms with van der Waals surface area (Å²) in [5.41, 5.74) is 7.78. The van der Waals surface area contributed by atoms with Crippen molar-refractivity contribution in [2.45, 2.75) is 26.7 Å². The summed E-state index contributed by atoms with van der Waals surface area (Å²) < 4.78 is 15.6. The first kappa shape index (κ1) is 23.2. The van der Waals surface area contributed by atoms with Gasteiger partial charge in [0.25, 0.3) is 0 Å². The largest absolute Gasteiger partial charge is 0.378 e. The molecule has 9 heteroatoms. The molecule has 36 heavy (non-hydrogen) atoms. The summed E-state index contributed by atoms with van der Waals surface area (Å²) in [5, 5.41) is 13.5. The maximum atomic E-state index is 13.5. The Morgan fingerprint density at radius 1 is 1.22 bits per heavy atom. The molecule has 4 aromatic rings. The number of pyridine rings is 1. The van der Waals surface area contributed by atoms with Crippen molar-refractivity contribution < 1.29 is 4.39 Å². The van der Waals surface area contributed by atoms with Crippen LogP contribution in [0.5, 0.6) is 0 Å². The van der Waals surface area contributed by atoms with Gasteiger partial charge in [0.05, 0.1) is 16.9 Å². The van der Waals surface area contributed by atoms with Crippen molar-refractivity contribution in [1.29, 1.82) is 0 Å². The molecule has 0 unspecified atom stereocenters. The molecule has 2 aliphatic heterocycles. The molecule has 2 N–H and O–H groups in total. The van der Waals surface area contributed by atoms with Gasteiger partial charge in [-0.3, -0.25) is 0 Å². The number of hydrogen-bond acceptors (Lipinski definition) is 7. The van der Waals surface area contributed by atoms with E-state index in [-0.39, 0.29) is 5.82 Å². The van der Waals surface area contributed by atoms with Crippen molar-refractivity contribution in [3.63, 3.8) is 0 Å². The van der Waals surface area contributed by atoms with Gasteiger partial charge in [-0.25, -0.2) is 13.9 Å². The molecular weight excluding hydrogens is 473 g/mol. The van der Waals surface area contributed by atoms with E-state index < -0.39 is 0 Å². The monoisotopic (exact) mass is 505 g/mol. The van der Waals surface area contributed by atoms with Crippen molar-refractivity contribution in [2.24, 2.45) is 5.41 Å². The predicted molar refractivity (Wildman–Crippen MR) is 147 cm³/mol. The Balaban J connectivity index is 1.42. The summed E-state index contributed by atoms with van der Waals surface area (Å²) in [4.78, 5) is 9.67. The highest BCUT2D eigenvalue weighted by molar-refractivity contribution is 7.20. The highest BCUT2D eigenvalue weighted by atomic mass is 32.1. The SMILES string of the molecule is CCc1nn2c(C)cc(N3CCC4(CNC4)C3)cc2c1N(C)c1nc(-c2ccc(F)cc2)c(NC)s1. The summed E-state index contributed by atoms with van der Waals surface area (Å²) in [6, 6.07) is 11.1. The second kappa shape index (κ2) is 8.74. The Morgan fingerprint density at radius 2 is 2.00 bits per heavy atom. The van der Waals surface area contributed by atoms with E-state index in [0.717, 1.165) is 76.6 Å². The highest BCUT2D eigenvalue weighted by Gasteiger charge is 2.43. The molecule has 0 atom stereocenters. The molecule has 0 bridgehead atoms. The molecule has 0 amide bonds. The van der Waals surface area contributed by atoms with Crippen LogP contribution in [-0.2, 0) is 6.42 Å². The molecule has 1 aromatic carbocycles. The van der Waals surface area contributed by atoms with Crippen LogP contribution in [0.2, 0.25) is 0 Å². The molecule has 0 aliphatic carbocycles.